The zero-order chi connectivity index (χ0) is 25.5. The summed E-state index contributed by atoms with van der Waals surface area (Å²) < 4.78 is 21.0. The molecule has 3 heterocycles. The van der Waals surface area contributed by atoms with Crippen LogP contribution in [0.15, 0.2) is 24.0 Å². The molecule has 6 N–H and O–H groups in total. The van der Waals surface area contributed by atoms with Crippen molar-refractivity contribution in [3.8, 4) is 5.75 Å². The SMILES string of the molecule is COc1cc2nc(N)n3nc([C@H]4C[C@@H](C)CN(/C(=C/[NH2+]C(C)(C)CO)C(C)=N)C4)nc3c2cc1F. The number of allylic oxidation sites excluding steroid dienone is 1. The standard InChI is InChI=1S/C24H33FN8O2/c1-13-6-15(11-32(10-13)19(14(2)26)9-28-24(3,4)12-34)21-30-22-16-7-17(25)20(35-5)8-18(16)29-23(27)33(22)31-21/h7-9,13,15,26,28,34H,6,10-12H2,1-5H3,(H2,27,29)/p+1/b19-9+,26-14?/t13-,15+/m1/s1. The Hall–Kier alpha value is -3.31. The second kappa shape index (κ2) is 9.38. The molecule has 0 radical (unpaired) electrons. The van der Waals surface area contributed by atoms with E-state index in [1.807, 2.05) is 25.4 Å². The predicted octanol–water partition coefficient (Wildman–Crippen LogP) is 1.65. The number of anilines is 1. The van der Waals surface area contributed by atoms with Gasteiger partial charge in [0.05, 0.1) is 24.9 Å². The number of aliphatic hydroxyl groups is 1. The van der Waals surface area contributed by atoms with Crippen molar-refractivity contribution in [2.45, 2.75) is 45.6 Å². The fourth-order valence-corrected chi connectivity index (χ4v) is 4.54. The van der Waals surface area contributed by atoms with Crippen LogP contribution in [0.1, 0.15) is 45.9 Å². The monoisotopic (exact) mass is 485 g/mol. The molecule has 4 rings (SSSR count). The average Bonchev–Trinajstić information content (AvgIpc) is 3.25. The molecule has 0 spiro atoms. The average molecular weight is 486 g/mol. The maximum atomic E-state index is 14.5. The Morgan fingerprint density at radius 2 is 2.11 bits per heavy atom. The molecule has 1 aliphatic rings. The molecular weight excluding hydrogens is 451 g/mol. The molecule has 0 saturated carbocycles. The highest BCUT2D eigenvalue weighted by Gasteiger charge is 2.32. The van der Waals surface area contributed by atoms with Gasteiger partial charge in [-0.15, -0.1) is 5.10 Å². The minimum atomic E-state index is -0.506. The van der Waals surface area contributed by atoms with Gasteiger partial charge in [0.15, 0.2) is 23.0 Å². The lowest BCUT2D eigenvalue weighted by Gasteiger charge is -2.37. The molecule has 11 heteroatoms. The van der Waals surface area contributed by atoms with Gasteiger partial charge >= 0.3 is 0 Å². The minimum Gasteiger partial charge on any atom is -0.494 e. The summed E-state index contributed by atoms with van der Waals surface area (Å²) in [6.45, 7) is 9.28. The van der Waals surface area contributed by atoms with Gasteiger partial charge in [0, 0.05) is 30.5 Å². The van der Waals surface area contributed by atoms with Crippen molar-refractivity contribution < 1.29 is 19.6 Å². The number of likely N-dealkylation sites (tertiary alicyclic amines) is 1. The van der Waals surface area contributed by atoms with Crippen molar-refractivity contribution >= 4 is 28.2 Å². The van der Waals surface area contributed by atoms with Crippen LogP contribution in [0.25, 0.3) is 16.6 Å². The van der Waals surface area contributed by atoms with E-state index in [4.69, 9.17) is 20.9 Å². The highest BCUT2D eigenvalue weighted by molar-refractivity contribution is 5.95. The van der Waals surface area contributed by atoms with Crippen molar-refractivity contribution in [3.63, 3.8) is 0 Å². The lowest BCUT2D eigenvalue weighted by molar-refractivity contribution is -0.664. The Morgan fingerprint density at radius 1 is 1.37 bits per heavy atom. The largest absolute Gasteiger partial charge is 0.494 e. The van der Waals surface area contributed by atoms with E-state index >= 15 is 0 Å². The molecule has 0 bridgehead atoms. The van der Waals surface area contributed by atoms with Crippen LogP contribution in [-0.2, 0) is 0 Å². The second-order valence-electron chi connectivity index (χ2n) is 10.1. The summed E-state index contributed by atoms with van der Waals surface area (Å²) >= 11 is 0. The lowest BCUT2D eigenvalue weighted by Crippen LogP contribution is -2.92. The van der Waals surface area contributed by atoms with Gasteiger partial charge in [0.1, 0.15) is 17.4 Å². The molecule has 0 aliphatic carbocycles. The first kappa shape index (κ1) is 24.8. The number of halogens is 1. The van der Waals surface area contributed by atoms with Gasteiger partial charge in [-0.3, -0.25) is 0 Å². The van der Waals surface area contributed by atoms with E-state index in [9.17, 15) is 9.50 Å². The Bertz CT molecular complexity index is 1300. The zero-order valence-corrected chi connectivity index (χ0v) is 20.8. The van der Waals surface area contributed by atoms with Crippen molar-refractivity contribution in [2.75, 3.05) is 32.5 Å². The number of rotatable bonds is 7. The molecular formula is C24H34FN8O2+. The number of aromatic nitrogens is 4. The van der Waals surface area contributed by atoms with E-state index in [1.54, 1.807) is 6.92 Å². The third-order valence-electron chi connectivity index (χ3n) is 6.44. The smallest absolute Gasteiger partial charge is 0.223 e. The van der Waals surface area contributed by atoms with E-state index in [-0.39, 0.29) is 29.8 Å². The van der Waals surface area contributed by atoms with Crippen LogP contribution in [0.2, 0.25) is 0 Å². The summed E-state index contributed by atoms with van der Waals surface area (Å²) in [6.07, 6.45) is 2.80. The van der Waals surface area contributed by atoms with E-state index in [0.29, 0.717) is 40.5 Å². The molecule has 10 nitrogen and oxygen atoms in total. The van der Waals surface area contributed by atoms with E-state index in [2.05, 4.69) is 21.9 Å². The number of nitrogens with two attached hydrogens (primary N) is 2. The number of nitrogen functional groups attached to an aromatic ring is 1. The van der Waals surface area contributed by atoms with Crippen molar-refractivity contribution in [2.24, 2.45) is 5.92 Å². The number of hydrogen-bond donors (Lipinski definition) is 4. The molecule has 1 aliphatic heterocycles. The fraction of sp³-hybridized carbons (Fsp3) is 0.500. The highest BCUT2D eigenvalue weighted by atomic mass is 19.1. The fourth-order valence-electron chi connectivity index (χ4n) is 4.54. The molecule has 0 unspecified atom stereocenters. The van der Waals surface area contributed by atoms with E-state index in [0.717, 1.165) is 18.7 Å². The van der Waals surface area contributed by atoms with Crippen LogP contribution in [0.5, 0.6) is 5.75 Å². The lowest BCUT2D eigenvalue weighted by atomic mass is 9.89. The number of piperidine rings is 1. The van der Waals surface area contributed by atoms with Crippen LogP contribution >= 0.6 is 0 Å². The molecule has 35 heavy (non-hydrogen) atoms. The summed E-state index contributed by atoms with van der Waals surface area (Å²) in [5.41, 5.74) is 7.99. The van der Waals surface area contributed by atoms with E-state index in [1.165, 1.54) is 23.8 Å². The molecule has 188 valence electrons. The van der Waals surface area contributed by atoms with Gasteiger partial charge in [-0.2, -0.15) is 4.52 Å². The Kier molecular flexibility index (Phi) is 6.65. The Labute approximate surface area is 203 Å². The van der Waals surface area contributed by atoms with Gasteiger partial charge < -0.3 is 31.2 Å². The predicted molar refractivity (Wildman–Crippen MR) is 132 cm³/mol. The van der Waals surface area contributed by atoms with Gasteiger partial charge in [-0.25, -0.2) is 14.4 Å². The zero-order valence-electron chi connectivity index (χ0n) is 20.8. The van der Waals surface area contributed by atoms with Gasteiger partial charge in [0.2, 0.25) is 5.95 Å². The molecule has 2 atom stereocenters. The van der Waals surface area contributed by atoms with Gasteiger partial charge in [-0.05, 0) is 39.2 Å². The summed E-state index contributed by atoms with van der Waals surface area (Å²) in [5.74, 6) is 0.687. The Morgan fingerprint density at radius 3 is 2.77 bits per heavy atom. The number of quaternary nitrogens is 1. The molecule has 1 fully saturated rings. The first-order chi connectivity index (χ1) is 16.5. The molecule has 3 aromatic rings. The summed E-state index contributed by atoms with van der Waals surface area (Å²) in [4.78, 5) is 11.3. The number of aliphatic hydroxyl groups excluding tert-OH is 1. The number of methoxy groups -OCH3 is 1. The summed E-state index contributed by atoms with van der Waals surface area (Å²) in [5, 5.41) is 25.1. The number of fused-ring (bicyclic) bond motifs is 3. The maximum absolute atomic E-state index is 14.5. The minimum absolute atomic E-state index is 0.00945. The third kappa shape index (κ3) is 4.92. The van der Waals surface area contributed by atoms with Crippen molar-refractivity contribution in [1.82, 2.24) is 24.5 Å². The van der Waals surface area contributed by atoms with Crippen molar-refractivity contribution in [1.29, 1.82) is 5.41 Å². The third-order valence-corrected chi connectivity index (χ3v) is 6.44. The topological polar surface area (TPSA) is 142 Å². The number of nitrogens with zero attached hydrogens (tertiary/aromatic N) is 5. The molecule has 2 aromatic heterocycles. The van der Waals surface area contributed by atoms with Crippen LogP contribution in [0.3, 0.4) is 0 Å². The molecule has 1 saturated heterocycles. The van der Waals surface area contributed by atoms with Gasteiger partial charge in [0.25, 0.3) is 0 Å². The number of ether oxygens (including phenoxy) is 1. The quantitative estimate of drug-likeness (QED) is 0.373. The number of benzene rings is 1. The number of hydrogen-bond acceptors (Lipinski definition) is 8. The van der Waals surface area contributed by atoms with Crippen molar-refractivity contribution in [3.05, 3.63) is 35.7 Å². The maximum Gasteiger partial charge on any atom is 0.223 e. The second-order valence-corrected chi connectivity index (χ2v) is 10.1. The summed E-state index contributed by atoms with van der Waals surface area (Å²) in [6, 6.07) is 2.86. The summed E-state index contributed by atoms with van der Waals surface area (Å²) in [7, 11) is 1.40. The van der Waals surface area contributed by atoms with Crippen LogP contribution < -0.4 is 15.8 Å². The first-order valence-corrected chi connectivity index (χ1v) is 11.7. The Balaban J connectivity index is 1.71. The normalized spacial score (nSPS) is 19.5. The first-order valence-electron chi connectivity index (χ1n) is 11.7. The number of nitrogens with one attached hydrogen (secondary N) is 1. The molecule has 1 aromatic carbocycles. The van der Waals surface area contributed by atoms with Crippen LogP contribution in [0, 0.1) is 17.1 Å². The van der Waals surface area contributed by atoms with E-state index < -0.39 is 5.82 Å². The van der Waals surface area contributed by atoms with Crippen LogP contribution in [0.4, 0.5) is 10.3 Å². The van der Waals surface area contributed by atoms with Crippen LogP contribution in [-0.4, -0.2) is 67.6 Å². The van der Waals surface area contributed by atoms with Gasteiger partial charge in [-0.1, -0.05) is 6.92 Å². The highest BCUT2D eigenvalue weighted by Crippen LogP contribution is 2.32. The molecule has 0 amide bonds.